The quantitative estimate of drug-likeness (QED) is 0.654. The number of aromatic nitrogens is 3. The number of carbonyl (C=O) groups is 1. The summed E-state index contributed by atoms with van der Waals surface area (Å²) in [6.45, 7) is 3.30. The lowest BCUT2D eigenvalue weighted by atomic mass is 10.1. The van der Waals surface area contributed by atoms with Crippen molar-refractivity contribution in [1.29, 1.82) is 0 Å². The summed E-state index contributed by atoms with van der Waals surface area (Å²) in [5.74, 6) is 0. The summed E-state index contributed by atoms with van der Waals surface area (Å²) in [5.41, 5.74) is 2.31. The molecule has 130 valence electrons. The van der Waals surface area contributed by atoms with Crippen LogP contribution in [-0.4, -0.2) is 28.5 Å². The van der Waals surface area contributed by atoms with Gasteiger partial charge in [0.15, 0.2) is 6.29 Å². The molecular weight excluding hydrogens is 362 g/mol. The number of halogens is 1. The molecule has 0 aliphatic carbocycles. The third-order valence-corrected chi connectivity index (χ3v) is 6.41. The molecule has 3 rings (SSSR count). The van der Waals surface area contributed by atoms with Crippen LogP contribution in [0.25, 0.3) is 11.3 Å². The Labute approximate surface area is 150 Å². The maximum Gasteiger partial charge on any atom is 0.273 e. The van der Waals surface area contributed by atoms with E-state index in [1.54, 1.807) is 33.0 Å². The number of benzene rings is 1. The Morgan fingerprint density at radius 1 is 1.16 bits per heavy atom. The molecule has 0 spiro atoms. The molecule has 0 N–H and O–H groups in total. The van der Waals surface area contributed by atoms with Crippen LogP contribution in [0.4, 0.5) is 0 Å². The first-order valence-corrected chi connectivity index (χ1v) is 9.28. The van der Waals surface area contributed by atoms with E-state index in [-0.39, 0.29) is 10.0 Å². The zero-order chi connectivity index (χ0) is 18.4. The number of hydrogen-bond donors (Lipinski definition) is 0. The highest BCUT2D eigenvalue weighted by Gasteiger charge is 2.30. The Balaban J connectivity index is 2.36. The van der Waals surface area contributed by atoms with Gasteiger partial charge in [0.05, 0.1) is 11.4 Å². The fourth-order valence-electron chi connectivity index (χ4n) is 2.84. The van der Waals surface area contributed by atoms with Crippen molar-refractivity contribution >= 4 is 27.9 Å². The largest absolute Gasteiger partial charge is 0.298 e. The molecule has 0 unspecified atom stereocenters. The monoisotopic (exact) mass is 377 g/mol. The Morgan fingerprint density at radius 3 is 2.32 bits per heavy atom. The van der Waals surface area contributed by atoms with E-state index in [4.69, 9.17) is 11.6 Å². The van der Waals surface area contributed by atoms with Gasteiger partial charge in [-0.05, 0) is 25.0 Å². The first-order valence-electron chi connectivity index (χ1n) is 7.46. The number of rotatable bonds is 4. The number of nitrogens with zero attached hydrogens (tertiary/aromatic N) is 3. The van der Waals surface area contributed by atoms with Gasteiger partial charge in [0.1, 0.15) is 10.0 Å². The van der Waals surface area contributed by atoms with Crippen molar-refractivity contribution in [3.63, 3.8) is 0 Å². The van der Waals surface area contributed by atoms with Crippen LogP contribution >= 0.6 is 11.6 Å². The molecule has 1 aromatic carbocycles. The van der Waals surface area contributed by atoms with Gasteiger partial charge in [0.2, 0.25) is 0 Å². The van der Waals surface area contributed by atoms with Gasteiger partial charge in [-0.2, -0.15) is 5.10 Å². The molecule has 0 fully saturated rings. The van der Waals surface area contributed by atoms with Gasteiger partial charge in [-0.25, -0.2) is 12.4 Å². The lowest BCUT2D eigenvalue weighted by molar-refractivity contribution is 0.112. The standard InChI is InChI=1S/C17H16ClN3O3S/c1-11-14(10-22)9-21(15(11)13-7-5-4-6-8-13)25(23,24)16-12(2)19-20(3)17(16)18/h4-10H,1-3H3. The van der Waals surface area contributed by atoms with E-state index in [9.17, 15) is 13.2 Å². The minimum absolute atomic E-state index is 0.0236. The van der Waals surface area contributed by atoms with E-state index >= 15 is 0 Å². The van der Waals surface area contributed by atoms with Crippen LogP contribution in [0, 0.1) is 13.8 Å². The first-order chi connectivity index (χ1) is 11.8. The van der Waals surface area contributed by atoms with Crippen molar-refractivity contribution in [1.82, 2.24) is 13.8 Å². The summed E-state index contributed by atoms with van der Waals surface area (Å²) in [6.07, 6.45) is 1.97. The second-order valence-electron chi connectivity index (χ2n) is 5.67. The van der Waals surface area contributed by atoms with Crippen LogP contribution in [0.2, 0.25) is 5.15 Å². The predicted octanol–water partition coefficient (Wildman–Crippen LogP) is 3.21. The van der Waals surface area contributed by atoms with Crippen LogP contribution in [0.3, 0.4) is 0 Å². The van der Waals surface area contributed by atoms with Gasteiger partial charge < -0.3 is 0 Å². The van der Waals surface area contributed by atoms with E-state index < -0.39 is 10.0 Å². The van der Waals surface area contributed by atoms with E-state index in [1.807, 2.05) is 18.2 Å². The molecule has 0 amide bonds. The maximum atomic E-state index is 13.3. The molecule has 0 saturated heterocycles. The van der Waals surface area contributed by atoms with Crippen LogP contribution in [-0.2, 0) is 17.1 Å². The molecule has 2 heterocycles. The summed E-state index contributed by atoms with van der Waals surface area (Å²) in [4.78, 5) is 11.3. The van der Waals surface area contributed by atoms with E-state index in [2.05, 4.69) is 5.10 Å². The molecule has 0 bridgehead atoms. The highest BCUT2D eigenvalue weighted by Crippen LogP contribution is 2.33. The fraction of sp³-hybridized carbons (Fsp3) is 0.176. The van der Waals surface area contributed by atoms with E-state index in [0.29, 0.717) is 34.4 Å². The summed E-state index contributed by atoms with van der Waals surface area (Å²) in [7, 11) is -2.45. The molecule has 3 aromatic rings. The lowest BCUT2D eigenvalue weighted by Crippen LogP contribution is -2.14. The molecule has 8 heteroatoms. The fourth-order valence-corrected chi connectivity index (χ4v) is 5.00. The topological polar surface area (TPSA) is 74.0 Å². The molecule has 0 saturated carbocycles. The summed E-state index contributed by atoms with van der Waals surface area (Å²) >= 11 is 6.17. The average molecular weight is 378 g/mol. The normalized spacial score (nSPS) is 11.7. The van der Waals surface area contributed by atoms with Gasteiger partial charge in [0.25, 0.3) is 10.0 Å². The van der Waals surface area contributed by atoms with Gasteiger partial charge in [-0.1, -0.05) is 41.9 Å². The molecule has 0 radical (unpaired) electrons. The molecule has 0 aliphatic heterocycles. The minimum atomic E-state index is -4.03. The Hall–Kier alpha value is -2.38. The van der Waals surface area contributed by atoms with E-state index in [0.717, 1.165) is 3.97 Å². The second kappa shape index (κ2) is 6.16. The number of hydrogen-bond acceptors (Lipinski definition) is 4. The van der Waals surface area contributed by atoms with Gasteiger partial charge in [0, 0.05) is 18.8 Å². The zero-order valence-corrected chi connectivity index (χ0v) is 15.5. The van der Waals surface area contributed by atoms with Crippen LogP contribution in [0.15, 0.2) is 41.4 Å². The maximum absolute atomic E-state index is 13.3. The van der Waals surface area contributed by atoms with Crippen molar-refractivity contribution in [3.8, 4) is 11.3 Å². The SMILES string of the molecule is Cc1nn(C)c(Cl)c1S(=O)(=O)n1cc(C=O)c(C)c1-c1ccccc1. The number of aryl methyl sites for hydroxylation is 2. The predicted molar refractivity (Wildman–Crippen MR) is 95.5 cm³/mol. The zero-order valence-electron chi connectivity index (χ0n) is 13.9. The van der Waals surface area contributed by atoms with E-state index in [1.165, 1.54) is 10.9 Å². The molecule has 0 aliphatic rings. The molecule has 25 heavy (non-hydrogen) atoms. The third kappa shape index (κ3) is 2.69. The third-order valence-electron chi connectivity index (χ3n) is 4.06. The van der Waals surface area contributed by atoms with Crippen LogP contribution < -0.4 is 0 Å². The van der Waals surface area contributed by atoms with Gasteiger partial charge in [-0.15, -0.1) is 0 Å². The average Bonchev–Trinajstić information content (AvgIpc) is 3.05. The van der Waals surface area contributed by atoms with Gasteiger partial charge in [-0.3, -0.25) is 9.48 Å². The van der Waals surface area contributed by atoms with Crippen LogP contribution in [0.5, 0.6) is 0 Å². The molecule has 0 atom stereocenters. The molecule has 6 nitrogen and oxygen atoms in total. The number of carbonyl (C=O) groups excluding carboxylic acids is 1. The molecule has 2 aromatic heterocycles. The number of aldehydes is 1. The Morgan fingerprint density at radius 2 is 1.80 bits per heavy atom. The van der Waals surface area contributed by atoms with Crippen molar-refractivity contribution in [2.75, 3.05) is 0 Å². The van der Waals surface area contributed by atoms with Crippen molar-refractivity contribution < 1.29 is 13.2 Å². The second-order valence-corrected chi connectivity index (χ2v) is 7.78. The Kier molecular flexibility index (Phi) is 4.30. The summed E-state index contributed by atoms with van der Waals surface area (Å²) in [5, 5.41) is 4.10. The van der Waals surface area contributed by atoms with Gasteiger partial charge >= 0.3 is 0 Å². The Bertz CT molecular complexity index is 1070. The highest BCUT2D eigenvalue weighted by atomic mass is 35.5. The van der Waals surface area contributed by atoms with Crippen molar-refractivity contribution in [2.24, 2.45) is 7.05 Å². The van der Waals surface area contributed by atoms with Crippen LogP contribution in [0.1, 0.15) is 21.6 Å². The first kappa shape index (κ1) is 17.4. The minimum Gasteiger partial charge on any atom is -0.298 e. The van der Waals surface area contributed by atoms with Crippen molar-refractivity contribution in [3.05, 3.63) is 58.5 Å². The molecular formula is C17H16ClN3O3S. The summed E-state index contributed by atoms with van der Waals surface area (Å²) in [6, 6.07) is 9.04. The summed E-state index contributed by atoms with van der Waals surface area (Å²) < 4.78 is 29.0. The smallest absolute Gasteiger partial charge is 0.273 e. The highest BCUT2D eigenvalue weighted by molar-refractivity contribution is 7.90. The lowest BCUT2D eigenvalue weighted by Gasteiger charge is -2.11. The van der Waals surface area contributed by atoms with Crippen molar-refractivity contribution in [2.45, 2.75) is 18.7 Å².